The van der Waals surface area contributed by atoms with Crippen LogP contribution in [0.25, 0.3) is 0 Å². The molecule has 7 nitrogen and oxygen atoms in total. The Bertz CT molecular complexity index is 1340. The highest BCUT2D eigenvalue weighted by Gasteiger charge is 2.65. The zero-order valence-corrected chi connectivity index (χ0v) is 26.2. The van der Waals surface area contributed by atoms with E-state index in [9.17, 15) is 24.6 Å². The van der Waals surface area contributed by atoms with Gasteiger partial charge in [-0.1, -0.05) is 58.0 Å². The van der Waals surface area contributed by atoms with E-state index in [0.29, 0.717) is 24.1 Å². The van der Waals surface area contributed by atoms with E-state index in [1.54, 1.807) is 32.5 Å². The van der Waals surface area contributed by atoms with E-state index >= 15 is 0 Å². The van der Waals surface area contributed by atoms with Gasteiger partial charge >= 0.3 is 11.9 Å². The number of benzene rings is 2. The third-order valence-corrected chi connectivity index (χ3v) is 10.6. The van der Waals surface area contributed by atoms with Gasteiger partial charge in [0.05, 0.1) is 22.7 Å². The van der Waals surface area contributed by atoms with Crippen LogP contribution in [0.2, 0.25) is 0 Å². The van der Waals surface area contributed by atoms with Gasteiger partial charge in [0.1, 0.15) is 0 Å². The molecule has 0 bridgehead atoms. The predicted octanol–water partition coefficient (Wildman–Crippen LogP) is 7.17. The zero-order valence-electron chi connectivity index (χ0n) is 25.4. The molecule has 4 unspecified atom stereocenters. The topological polar surface area (TPSA) is 98.1 Å². The molecule has 1 aliphatic heterocycles. The van der Waals surface area contributed by atoms with Crippen molar-refractivity contribution in [1.29, 1.82) is 0 Å². The number of ketones is 1. The molecule has 222 valence electrons. The highest BCUT2D eigenvalue weighted by Crippen LogP contribution is 2.66. The van der Waals surface area contributed by atoms with Crippen LogP contribution in [-0.4, -0.2) is 60.0 Å². The summed E-state index contributed by atoms with van der Waals surface area (Å²) < 4.78 is 0. The molecule has 1 fully saturated rings. The number of rotatable bonds is 11. The summed E-state index contributed by atoms with van der Waals surface area (Å²) in [6.07, 6.45) is 2.13. The maximum atomic E-state index is 13.8. The molecule has 2 aromatic rings. The smallest absolute Gasteiger partial charge is 0.310 e. The summed E-state index contributed by atoms with van der Waals surface area (Å²) >= 11 is 1.63. The molecule has 2 N–H and O–H groups in total. The number of fused-ring (bicyclic) bond motifs is 2. The fraction of sp³-hybridized carbons (Fsp3) is 0.545. The van der Waals surface area contributed by atoms with Gasteiger partial charge in [-0.2, -0.15) is 0 Å². The number of nitrogens with zero attached hydrogens (tertiary/aromatic N) is 2. The molecule has 1 saturated carbocycles. The van der Waals surface area contributed by atoms with Crippen molar-refractivity contribution in [2.45, 2.75) is 76.0 Å². The summed E-state index contributed by atoms with van der Waals surface area (Å²) in [5, 5.41) is 21.0. The van der Waals surface area contributed by atoms with E-state index < -0.39 is 34.6 Å². The molecule has 4 rings (SSSR count). The SMILES string of the molecule is CCCCC(=O)c1ccc2c(c1C1CC(C(=O)O)C(C)(C)C1(C)C(=O)O)N(CC(C)CN(C)C)c1ccccc1S2. The van der Waals surface area contributed by atoms with E-state index in [0.717, 1.165) is 40.6 Å². The van der Waals surface area contributed by atoms with Crippen LogP contribution in [0.5, 0.6) is 0 Å². The van der Waals surface area contributed by atoms with Crippen LogP contribution in [0.1, 0.15) is 82.1 Å². The second-order valence-corrected chi connectivity index (χ2v) is 13.9. The Morgan fingerprint density at radius 2 is 1.76 bits per heavy atom. The highest BCUT2D eigenvalue weighted by atomic mass is 32.2. The maximum Gasteiger partial charge on any atom is 0.310 e. The van der Waals surface area contributed by atoms with E-state index in [4.69, 9.17) is 0 Å². The summed E-state index contributed by atoms with van der Waals surface area (Å²) in [7, 11) is 4.09. The number of carbonyl (C=O) groups is 3. The monoisotopic (exact) mass is 580 g/mol. The Morgan fingerprint density at radius 3 is 2.37 bits per heavy atom. The van der Waals surface area contributed by atoms with Gasteiger partial charge in [0, 0.05) is 40.8 Å². The van der Waals surface area contributed by atoms with E-state index in [-0.39, 0.29) is 18.1 Å². The van der Waals surface area contributed by atoms with Crippen molar-refractivity contribution in [2.75, 3.05) is 32.1 Å². The number of carbonyl (C=O) groups excluding carboxylic acids is 1. The van der Waals surface area contributed by atoms with Crippen LogP contribution in [0.4, 0.5) is 11.4 Å². The number of carboxylic acids is 2. The van der Waals surface area contributed by atoms with Crippen LogP contribution in [0.3, 0.4) is 0 Å². The van der Waals surface area contributed by atoms with Crippen molar-refractivity contribution < 1.29 is 24.6 Å². The lowest BCUT2D eigenvalue weighted by atomic mass is 9.61. The molecule has 1 aliphatic carbocycles. The highest BCUT2D eigenvalue weighted by molar-refractivity contribution is 7.99. The molecular weight excluding hydrogens is 536 g/mol. The second-order valence-electron chi connectivity index (χ2n) is 12.9. The molecule has 0 amide bonds. The van der Waals surface area contributed by atoms with Crippen molar-refractivity contribution in [1.82, 2.24) is 4.90 Å². The summed E-state index contributed by atoms with van der Waals surface area (Å²) in [5.41, 5.74) is 0.657. The zero-order chi connectivity index (χ0) is 30.3. The summed E-state index contributed by atoms with van der Waals surface area (Å²) in [4.78, 5) is 46.1. The van der Waals surface area contributed by atoms with Crippen LogP contribution in [0, 0.1) is 22.7 Å². The number of anilines is 2. The molecular formula is C33H44N2O5S. The molecule has 2 aliphatic rings. The Morgan fingerprint density at radius 1 is 1.07 bits per heavy atom. The number of para-hydroxylation sites is 1. The third kappa shape index (κ3) is 5.41. The van der Waals surface area contributed by atoms with Crippen molar-refractivity contribution in [3.8, 4) is 0 Å². The van der Waals surface area contributed by atoms with Crippen molar-refractivity contribution in [3.63, 3.8) is 0 Å². The largest absolute Gasteiger partial charge is 0.481 e. The van der Waals surface area contributed by atoms with Gasteiger partial charge in [-0.3, -0.25) is 14.4 Å². The predicted molar refractivity (Wildman–Crippen MR) is 164 cm³/mol. The Labute approximate surface area is 248 Å². The third-order valence-electron chi connectivity index (χ3n) is 9.52. The average Bonchev–Trinajstić information content (AvgIpc) is 3.12. The lowest BCUT2D eigenvalue weighted by Gasteiger charge is -2.43. The Hall–Kier alpha value is -2.84. The number of hydrogen-bond donors (Lipinski definition) is 2. The molecule has 0 aromatic heterocycles. The first-order valence-corrected chi connectivity index (χ1v) is 15.4. The molecule has 4 atom stereocenters. The van der Waals surface area contributed by atoms with Gasteiger partial charge in [0.2, 0.25) is 0 Å². The van der Waals surface area contributed by atoms with Crippen LogP contribution in [0.15, 0.2) is 46.2 Å². The molecule has 0 spiro atoms. The standard InChI is InChI=1S/C33H44N2O5S/c1-8-9-13-25(36)21-15-16-27-29(28(21)22-17-23(30(37)38)32(3,4)33(22,5)31(39)40)35(19-20(2)18-34(6)7)24-12-10-11-14-26(24)41-27/h10-12,14-16,20,22-23H,8-9,13,17-19H2,1-7H3,(H,37,38)(H,39,40). The number of Topliss-reactive ketones (excluding diaryl/α,β-unsaturated/α-hetero) is 1. The maximum absolute atomic E-state index is 13.8. The van der Waals surface area contributed by atoms with Crippen LogP contribution in [-0.2, 0) is 9.59 Å². The first-order valence-electron chi connectivity index (χ1n) is 14.6. The molecule has 1 heterocycles. The van der Waals surface area contributed by atoms with E-state index in [2.05, 4.69) is 28.9 Å². The van der Waals surface area contributed by atoms with Crippen molar-refractivity contribution in [3.05, 3.63) is 47.5 Å². The minimum atomic E-state index is -1.41. The average molecular weight is 581 g/mol. The van der Waals surface area contributed by atoms with Gasteiger partial charge in [-0.25, -0.2) is 0 Å². The lowest BCUT2D eigenvalue weighted by molar-refractivity contribution is -0.158. The van der Waals surface area contributed by atoms with Gasteiger partial charge in [-0.15, -0.1) is 0 Å². The van der Waals surface area contributed by atoms with Crippen molar-refractivity contribution >= 4 is 40.9 Å². The second kappa shape index (κ2) is 11.8. The first-order chi connectivity index (χ1) is 19.2. The molecule has 41 heavy (non-hydrogen) atoms. The summed E-state index contributed by atoms with van der Waals surface area (Å²) in [6, 6.07) is 12.0. The summed E-state index contributed by atoms with van der Waals surface area (Å²) in [5.74, 6) is -3.31. The number of unbranched alkanes of at least 4 members (excludes halogenated alkanes) is 1. The number of hydrogen-bond acceptors (Lipinski definition) is 6. The summed E-state index contributed by atoms with van der Waals surface area (Å²) in [6.45, 7) is 11.0. The number of carboxylic acid groups (broad SMARTS) is 2. The first kappa shape index (κ1) is 31.1. The van der Waals surface area contributed by atoms with Crippen LogP contribution >= 0.6 is 11.8 Å². The minimum absolute atomic E-state index is 0.0147. The normalized spacial score (nSPS) is 23.7. The van der Waals surface area contributed by atoms with Gasteiger partial charge in [0.15, 0.2) is 5.78 Å². The van der Waals surface area contributed by atoms with Crippen molar-refractivity contribution in [2.24, 2.45) is 22.7 Å². The van der Waals surface area contributed by atoms with E-state index in [1.165, 1.54) is 0 Å². The van der Waals surface area contributed by atoms with Crippen LogP contribution < -0.4 is 4.90 Å². The Balaban J connectivity index is 2.03. The fourth-order valence-electron chi connectivity index (χ4n) is 7.02. The minimum Gasteiger partial charge on any atom is -0.481 e. The molecule has 2 aromatic carbocycles. The van der Waals surface area contributed by atoms with Gasteiger partial charge < -0.3 is 20.0 Å². The van der Waals surface area contributed by atoms with Gasteiger partial charge in [-0.05, 0) is 75.0 Å². The lowest BCUT2D eigenvalue weighted by Crippen LogP contribution is -2.45. The number of aliphatic carboxylic acids is 2. The molecule has 0 saturated heterocycles. The Kier molecular flexibility index (Phi) is 8.95. The fourth-order valence-corrected chi connectivity index (χ4v) is 8.14. The molecule has 0 radical (unpaired) electrons. The molecule has 8 heteroatoms. The van der Waals surface area contributed by atoms with Gasteiger partial charge in [0.25, 0.3) is 0 Å². The quantitative estimate of drug-likeness (QED) is 0.270. The van der Waals surface area contributed by atoms with E-state index in [1.807, 2.05) is 45.3 Å².